The molecule has 0 spiro atoms. The summed E-state index contributed by atoms with van der Waals surface area (Å²) in [6, 6.07) is 19.8. The van der Waals surface area contributed by atoms with Gasteiger partial charge in [0.25, 0.3) is 0 Å². The molecule has 6 rings (SSSR count). The third-order valence-corrected chi connectivity index (χ3v) is 7.52. The lowest BCUT2D eigenvalue weighted by Gasteiger charge is -2.34. The average molecular weight is 485 g/mol. The van der Waals surface area contributed by atoms with E-state index in [1.165, 1.54) is 10.9 Å². The fourth-order valence-electron chi connectivity index (χ4n) is 5.12. The predicted molar refractivity (Wildman–Crippen MR) is 141 cm³/mol. The Morgan fingerprint density at radius 1 is 0.914 bits per heavy atom. The van der Waals surface area contributed by atoms with Crippen LogP contribution in [0.3, 0.4) is 0 Å². The first-order chi connectivity index (χ1) is 17.0. The van der Waals surface area contributed by atoms with Crippen molar-refractivity contribution >= 4 is 62.8 Å². The van der Waals surface area contributed by atoms with E-state index in [0.717, 1.165) is 28.7 Å². The molecule has 3 unspecified atom stereocenters. The van der Waals surface area contributed by atoms with E-state index in [-0.39, 0.29) is 29.7 Å². The number of nitrogens with one attached hydrogen (secondary N) is 2. The van der Waals surface area contributed by atoms with E-state index in [9.17, 15) is 9.59 Å². The molecule has 1 saturated carbocycles. The molecule has 2 amide bonds. The zero-order valence-corrected chi connectivity index (χ0v) is 20.0. The van der Waals surface area contributed by atoms with Crippen LogP contribution in [-0.4, -0.2) is 22.6 Å². The number of fused-ring (bicyclic) bond motifs is 3. The molecule has 3 aromatic carbocycles. The fraction of sp³-hybridized carbons (Fsp3) is 0.250. The fourth-order valence-corrected chi connectivity index (χ4v) is 5.41. The maximum Gasteiger partial charge on any atom is 0.228 e. The van der Waals surface area contributed by atoms with Crippen LogP contribution >= 0.6 is 11.6 Å². The Bertz CT molecular complexity index is 1520. The van der Waals surface area contributed by atoms with E-state index >= 15 is 0 Å². The number of rotatable bonds is 6. The molecule has 0 radical (unpaired) electrons. The van der Waals surface area contributed by atoms with Crippen molar-refractivity contribution in [1.29, 1.82) is 0 Å². The molecule has 0 bridgehead atoms. The second kappa shape index (κ2) is 8.54. The normalized spacial score (nSPS) is 20.6. The predicted octanol–water partition coefficient (Wildman–Crippen LogP) is 6.20. The minimum atomic E-state index is -0.356. The third-order valence-electron chi connectivity index (χ3n) is 7.19. The van der Waals surface area contributed by atoms with E-state index in [1.54, 1.807) is 6.07 Å². The molecule has 2 aliphatic rings. The molecule has 7 heteroatoms. The minimum absolute atomic E-state index is 0.0599. The Balaban J connectivity index is 1.16. The van der Waals surface area contributed by atoms with E-state index in [4.69, 9.17) is 11.6 Å². The number of carbonyl (C=O) groups is 2. The number of aromatic nitrogens is 1. The Hall–Kier alpha value is -3.64. The molecule has 4 aromatic rings. The van der Waals surface area contributed by atoms with Crippen molar-refractivity contribution in [2.24, 2.45) is 16.8 Å². The second-order valence-corrected chi connectivity index (χ2v) is 9.65. The first-order valence-electron chi connectivity index (χ1n) is 12.0. The standard InChI is InChI=1S/C28H25ClN4O2/c1-2-33-25-6-4-3-5-18(25)22-13-16(8-12-26(22)33)31-27(34)19-10-11-20(19)28(35)32-17-7-9-21(23(29)14-17)24-15-30-24/h3-9,12-15,19-20,24H,2,10-11H2,1H3,(H,31,34)(H,32,35). The lowest BCUT2D eigenvalue weighted by molar-refractivity contribution is -0.134. The molecule has 6 nitrogen and oxygen atoms in total. The zero-order chi connectivity index (χ0) is 24.1. The lowest BCUT2D eigenvalue weighted by Crippen LogP contribution is -2.43. The summed E-state index contributed by atoms with van der Waals surface area (Å²) in [5, 5.41) is 8.83. The van der Waals surface area contributed by atoms with Crippen molar-refractivity contribution in [2.75, 3.05) is 10.6 Å². The quantitative estimate of drug-likeness (QED) is 0.342. The highest BCUT2D eigenvalue weighted by molar-refractivity contribution is 6.32. The summed E-state index contributed by atoms with van der Waals surface area (Å²) in [4.78, 5) is 30.1. The monoisotopic (exact) mass is 484 g/mol. The number of anilines is 2. The van der Waals surface area contributed by atoms with Crippen molar-refractivity contribution in [3.63, 3.8) is 0 Å². The van der Waals surface area contributed by atoms with Gasteiger partial charge in [0.05, 0.1) is 0 Å². The number of benzene rings is 3. The van der Waals surface area contributed by atoms with Crippen molar-refractivity contribution in [2.45, 2.75) is 32.4 Å². The SMILES string of the molecule is CCn1c2ccccc2c2cc(NC(=O)C3CCC3C(=O)Nc3ccc(C4C=N4)c(Cl)c3)ccc21. The molecule has 35 heavy (non-hydrogen) atoms. The molecule has 1 fully saturated rings. The highest BCUT2D eigenvalue weighted by atomic mass is 35.5. The number of hydrogen-bond donors (Lipinski definition) is 2. The number of carbonyl (C=O) groups excluding carboxylic acids is 2. The van der Waals surface area contributed by atoms with Gasteiger partial charge in [-0.3, -0.25) is 14.6 Å². The zero-order valence-electron chi connectivity index (χ0n) is 19.3. The summed E-state index contributed by atoms with van der Waals surface area (Å²) in [7, 11) is 0. The van der Waals surface area contributed by atoms with Crippen LogP contribution in [0, 0.1) is 11.8 Å². The summed E-state index contributed by atoms with van der Waals surface area (Å²) in [6.07, 6.45) is 3.21. The Morgan fingerprint density at radius 3 is 2.17 bits per heavy atom. The molecule has 0 saturated heterocycles. The van der Waals surface area contributed by atoms with Crippen molar-refractivity contribution in [3.8, 4) is 0 Å². The molecule has 2 heterocycles. The third kappa shape index (κ3) is 3.88. The molecule has 1 aliphatic carbocycles. The smallest absolute Gasteiger partial charge is 0.228 e. The van der Waals surface area contributed by atoms with Crippen LogP contribution in [0.15, 0.2) is 65.7 Å². The summed E-state index contributed by atoms with van der Waals surface area (Å²) in [6.45, 7) is 3.00. The largest absolute Gasteiger partial charge is 0.341 e. The molecular formula is C28H25ClN4O2. The van der Waals surface area contributed by atoms with Gasteiger partial charge in [-0.15, -0.1) is 0 Å². The highest BCUT2D eigenvalue weighted by Gasteiger charge is 2.41. The molecule has 2 N–H and O–H groups in total. The van der Waals surface area contributed by atoms with Crippen LogP contribution in [0.2, 0.25) is 5.02 Å². The Labute approximate surface area is 208 Å². The molecular weight excluding hydrogens is 460 g/mol. The number of aliphatic imine (C=N–C) groups is 1. The van der Waals surface area contributed by atoms with Crippen LogP contribution in [0.4, 0.5) is 11.4 Å². The van der Waals surface area contributed by atoms with Gasteiger partial charge in [0.1, 0.15) is 6.04 Å². The second-order valence-electron chi connectivity index (χ2n) is 9.24. The van der Waals surface area contributed by atoms with Crippen LogP contribution in [0.25, 0.3) is 21.8 Å². The Morgan fingerprint density at radius 2 is 1.54 bits per heavy atom. The molecule has 3 atom stereocenters. The van der Waals surface area contributed by atoms with Gasteiger partial charge in [0, 0.05) is 68.4 Å². The van der Waals surface area contributed by atoms with E-state index in [1.807, 2.05) is 42.6 Å². The highest BCUT2D eigenvalue weighted by Crippen LogP contribution is 2.38. The first kappa shape index (κ1) is 21.9. The molecule has 176 valence electrons. The minimum Gasteiger partial charge on any atom is -0.341 e. The van der Waals surface area contributed by atoms with E-state index in [0.29, 0.717) is 23.6 Å². The summed E-state index contributed by atoms with van der Waals surface area (Å²) >= 11 is 6.34. The average Bonchev–Trinajstić information content (AvgIpc) is 3.60. The number of hydrogen-bond acceptors (Lipinski definition) is 3. The van der Waals surface area contributed by atoms with Crippen molar-refractivity contribution in [3.05, 3.63) is 71.2 Å². The molecule has 1 aromatic heterocycles. The maximum absolute atomic E-state index is 13.1. The summed E-state index contributed by atoms with van der Waals surface area (Å²) in [5.74, 6) is -0.971. The van der Waals surface area contributed by atoms with Gasteiger partial charge in [0.2, 0.25) is 11.8 Å². The number of aryl methyl sites for hydroxylation is 1. The van der Waals surface area contributed by atoms with E-state index < -0.39 is 0 Å². The summed E-state index contributed by atoms with van der Waals surface area (Å²) < 4.78 is 2.28. The van der Waals surface area contributed by atoms with Gasteiger partial charge >= 0.3 is 0 Å². The van der Waals surface area contributed by atoms with Gasteiger partial charge in [-0.1, -0.05) is 35.9 Å². The number of para-hydroxylation sites is 1. The first-order valence-corrected chi connectivity index (χ1v) is 12.4. The molecule has 1 aliphatic heterocycles. The van der Waals surface area contributed by atoms with Crippen LogP contribution in [0.1, 0.15) is 31.4 Å². The van der Waals surface area contributed by atoms with Crippen molar-refractivity contribution < 1.29 is 9.59 Å². The number of nitrogens with zero attached hydrogens (tertiary/aromatic N) is 2. The number of amides is 2. The van der Waals surface area contributed by atoms with Gasteiger partial charge < -0.3 is 15.2 Å². The van der Waals surface area contributed by atoms with Crippen molar-refractivity contribution in [1.82, 2.24) is 4.57 Å². The number of halogens is 1. The van der Waals surface area contributed by atoms with Crippen LogP contribution in [0.5, 0.6) is 0 Å². The van der Waals surface area contributed by atoms with Crippen LogP contribution in [-0.2, 0) is 16.1 Å². The van der Waals surface area contributed by atoms with Gasteiger partial charge in [-0.05, 0) is 56.2 Å². The topological polar surface area (TPSA) is 75.5 Å². The van der Waals surface area contributed by atoms with Gasteiger partial charge in [0.15, 0.2) is 0 Å². The van der Waals surface area contributed by atoms with Crippen LogP contribution < -0.4 is 10.6 Å². The Kier molecular flexibility index (Phi) is 5.33. The lowest BCUT2D eigenvalue weighted by atomic mass is 9.72. The summed E-state index contributed by atoms with van der Waals surface area (Å²) in [5.41, 5.74) is 4.64. The maximum atomic E-state index is 13.1. The van der Waals surface area contributed by atoms with Gasteiger partial charge in [-0.25, -0.2) is 0 Å². The van der Waals surface area contributed by atoms with Gasteiger partial charge in [-0.2, -0.15) is 0 Å². The van der Waals surface area contributed by atoms with E-state index in [2.05, 4.69) is 45.3 Å².